The normalized spacial score (nSPS) is 11.7. The maximum absolute atomic E-state index is 6.11. The summed E-state index contributed by atoms with van der Waals surface area (Å²) in [6, 6.07) is 4.51. The van der Waals surface area contributed by atoms with E-state index in [1.54, 1.807) is 0 Å². The molecule has 16 heavy (non-hydrogen) atoms. The van der Waals surface area contributed by atoms with Crippen molar-refractivity contribution in [2.45, 2.75) is 39.7 Å². The van der Waals surface area contributed by atoms with Gasteiger partial charge in [0.05, 0.1) is 0 Å². The Labute approximate surface area is 99.5 Å². The summed E-state index contributed by atoms with van der Waals surface area (Å²) in [4.78, 5) is 2.16. The molecule has 0 amide bonds. The average Bonchev–Trinajstić information content (AvgIpc) is 2.07. The third kappa shape index (κ3) is 3.24. The van der Waals surface area contributed by atoms with E-state index < -0.39 is 0 Å². The Bertz CT molecular complexity index is 373. The summed E-state index contributed by atoms with van der Waals surface area (Å²) in [7, 11) is 4.16. The number of hydrogen-bond acceptors (Lipinski definition) is 2. The fraction of sp³-hybridized carbons (Fsp3) is 0.571. The van der Waals surface area contributed by atoms with Crippen LogP contribution >= 0.6 is 0 Å². The zero-order valence-corrected chi connectivity index (χ0v) is 11.4. The SMILES string of the molecule is Cc1cc(CC(C)(C)N)c(N(C)C)cc1C. The lowest BCUT2D eigenvalue weighted by atomic mass is 9.92. The second kappa shape index (κ2) is 4.46. The van der Waals surface area contributed by atoms with Crippen molar-refractivity contribution < 1.29 is 0 Å². The van der Waals surface area contributed by atoms with E-state index in [0.29, 0.717) is 0 Å². The zero-order chi connectivity index (χ0) is 12.5. The van der Waals surface area contributed by atoms with Crippen molar-refractivity contribution in [1.29, 1.82) is 0 Å². The number of rotatable bonds is 3. The van der Waals surface area contributed by atoms with Gasteiger partial charge in [-0.15, -0.1) is 0 Å². The first-order valence-electron chi connectivity index (χ1n) is 5.77. The summed E-state index contributed by atoms with van der Waals surface area (Å²) in [5, 5.41) is 0. The van der Waals surface area contributed by atoms with Gasteiger partial charge in [0.25, 0.3) is 0 Å². The largest absolute Gasteiger partial charge is 0.377 e. The van der Waals surface area contributed by atoms with E-state index >= 15 is 0 Å². The highest BCUT2D eigenvalue weighted by Gasteiger charge is 2.16. The highest BCUT2D eigenvalue weighted by atomic mass is 15.1. The van der Waals surface area contributed by atoms with Crippen LogP contribution in [0.25, 0.3) is 0 Å². The molecule has 0 aliphatic heterocycles. The minimum absolute atomic E-state index is 0.160. The molecule has 2 heteroatoms. The molecule has 0 aliphatic carbocycles. The van der Waals surface area contributed by atoms with Crippen LogP contribution in [0.2, 0.25) is 0 Å². The summed E-state index contributed by atoms with van der Waals surface area (Å²) in [5.74, 6) is 0. The number of nitrogens with two attached hydrogens (primary N) is 1. The standard InChI is InChI=1S/C14H24N2/c1-10-7-12(9-14(3,4)15)13(16(5)6)8-11(10)2/h7-8H,9,15H2,1-6H3. The number of nitrogens with zero attached hydrogens (tertiary/aromatic N) is 1. The third-order valence-electron chi connectivity index (χ3n) is 2.82. The number of aryl methyl sites for hydroxylation is 2. The Hall–Kier alpha value is -1.02. The molecule has 2 N–H and O–H groups in total. The van der Waals surface area contributed by atoms with Gasteiger partial charge in [-0.3, -0.25) is 0 Å². The quantitative estimate of drug-likeness (QED) is 0.848. The van der Waals surface area contributed by atoms with Gasteiger partial charge in [0.1, 0.15) is 0 Å². The molecule has 1 aromatic rings. The van der Waals surface area contributed by atoms with Crippen molar-refractivity contribution in [2.24, 2.45) is 5.73 Å². The minimum atomic E-state index is -0.160. The molecular formula is C14H24N2. The van der Waals surface area contributed by atoms with Crippen molar-refractivity contribution in [3.8, 4) is 0 Å². The van der Waals surface area contributed by atoms with Gasteiger partial charge in [0, 0.05) is 25.3 Å². The molecule has 0 saturated heterocycles. The van der Waals surface area contributed by atoms with Gasteiger partial charge in [-0.25, -0.2) is 0 Å². The van der Waals surface area contributed by atoms with Crippen molar-refractivity contribution >= 4 is 5.69 Å². The van der Waals surface area contributed by atoms with E-state index in [0.717, 1.165) is 6.42 Å². The predicted molar refractivity (Wildman–Crippen MR) is 72.2 cm³/mol. The molecule has 0 unspecified atom stereocenters. The summed E-state index contributed by atoms with van der Waals surface area (Å²) >= 11 is 0. The zero-order valence-electron chi connectivity index (χ0n) is 11.4. The van der Waals surface area contributed by atoms with Crippen molar-refractivity contribution in [2.75, 3.05) is 19.0 Å². The van der Waals surface area contributed by atoms with Crippen molar-refractivity contribution in [3.05, 3.63) is 28.8 Å². The first kappa shape index (κ1) is 13.0. The highest BCUT2D eigenvalue weighted by molar-refractivity contribution is 5.57. The van der Waals surface area contributed by atoms with Crippen LogP contribution in [-0.4, -0.2) is 19.6 Å². The third-order valence-corrected chi connectivity index (χ3v) is 2.82. The van der Waals surface area contributed by atoms with Gasteiger partial charge in [-0.2, -0.15) is 0 Å². The van der Waals surface area contributed by atoms with Gasteiger partial charge >= 0.3 is 0 Å². The molecule has 0 aromatic heterocycles. The molecule has 0 saturated carbocycles. The summed E-state index contributed by atoms with van der Waals surface area (Å²) in [5.41, 5.74) is 11.2. The fourth-order valence-electron chi connectivity index (χ4n) is 1.91. The minimum Gasteiger partial charge on any atom is -0.377 e. The molecular weight excluding hydrogens is 196 g/mol. The molecule has 0 atom stereocenters. The van der Waals surface area contributed by atoms with E-state index in [4.69, 9.17) is 5.73 Å². The summed E-state index contributed by atoms with van der Waals surface area (Å²) in [6.45, 7) is 8.45. The molecule has 90 valence electrons. The van der Waals surface area contributed by atoms with E-state index in [1.807, 2.05) is 0 Å². The molecule has 0 spiro atoms. The van der Waals surface area contributed by atoms with Crippen LogP contribution in [0.3, 0.4) is 0 Å². The van der Waals surface area contributed by atoms with Crippen LogP contribution in [0.1, 0.15) is 30.5 Å². The van der Waals surface area contributed by atoms with Gasteiger partial charge in [0.2, 0.25) is 0 Å². The number of anilines is 1. The van der Waals surface area contributed by atoms with E-state index in [1.165, 1.54) is 22.4 Å². The second-order valence-electron chi connectivity index (χ2n) is 5.62. The van der Waals surface area contributed by atoms with Gasteiger partial charge < -0.3 is 10.6 Å². The number of benzene rings is 1. The topological polar surface area (TPSA) is 29.3 Å². The lowest BCUT2D eigenvalue weighted by Gasteiger charge is -2.25. The fourth-order valence-corrected chi connectivity index (χ4v) is 1.91. The molecule has 0 radical (unpaired) electrons. The Morgan fingerprint density at radius 2 is 1.62 bits per heavy atom. The average molecular weight is 220 g/mol. The first-order valence-corrected chi connectivity index (χ1v) is 5.77. The van der Waals surface area contributed by atoms with Crippen LogP contribution in [0.4, 0.5) is 5.69 Å². The van der Waals surface area contributed by atoms with Crippen LogP contribution in [0, 0.1) is 13.8 Å². The Morgan fingerprint density at radius 3 is 2.06 bits per heavy atom. The summed E-state index contributed by atoms with van der Waals surface area (Å²) < 4.78 is 0. The Kier molecular flexibility index (Phi) is 3.64. The van der Waals surface area contributed by atoms with Crippen LogP contribution in [0.15, 0.2) is 12.1 Å². The molecule has 0 fully saturated rings. The van der Waals surface area contributed by atoms with Gasteiger partial charge in [-0.1, -0.05) is 6.07 Å². The molecule has 2 nitrogen and oxygen atoms in total. The molecule has 1 rings (SSSR count). The highest BCUT2D eigenvalue weighted by Crippen LogP contribution is 2.26. The Balaban J connectivity index is 3.20. The second-order valence-corrected chi connectivity index (χ2v) is 5.62. The Morgan fingerprint density at radius 1 is 1.12 bits per heavy atom. The molecule has 0 heterocycles. The van der Waals surface area contributed by atoms with Gasteiger partial charge in [-0.05, 0) is 56.9 Å². The van der Waals surface area contributed by atoms with Crippen LogP contribution in [-0.2, 0) is 6.42 Å². The summed E-state index contributed by atoms with van der Waals surface area (Å²) in [6.07, 6.45) is 0.904. The van der Waals surface area contributed by atoms with Crippen LogP contribution in [0.5, 0.6) is 0 Å². The molecule has 0 bridgehead atoms. The monoisotopic (exact) mass is 220 g/mol. The van der Waals surface area contributed by atoms with Crippen molar-refractivity contribution in [1.82, 2.24) is 0 Å². The smallest absolute Gasteiger partial charge is 0.0397 e. The lowest BCUT2D eigenvalue weighted by molar-refractivity contribution is 0.516. The van der Waals surface area contributed by atoms with Crippen molar-refractivity contribution in [3.63, 3.8) is 0 Å². The predicted octanol–water partition coefficient (Wildman–Crippen LogP) is 2.65. The number of hydrogen-bond donors (Lipinski definition) is 1. The van der Waals surface area contributed by atoms with E-state index in [9.17, 15) is 0 Å². The molecule has 1 aromatic carbocycles. The maximum Gasteiger partial charge on any atom is 0.0397 e. The molecule has 0 aliphatic rings. The first-order chi connectivity index (χ1) is 7.20. The lowest BCUT2D eigenvalue weighted by Crippen LogP contribution is -2.35. The van der Waals surface area contributed by atoms with E-state index in [2.05, 4.69) is 58.8 Å². The van der Waals surface area contributed by atoms with Gasteiger partial charge in [0.15, 0.2) is 0 Å². The maximum atomic E-state index is 6.11. The van der Waals surface area contributed by atoms with E-state index in [-0.39, 0.29) is 5.54 Å². The van der Waals surface area contributed by atoms with Crippen LogP contribution < -0.4 is 10.6 Å².